The molecule has 0 unspecified atom stereocenters. The van der Waals surface area contributed by atoms with Crippen molar-refractivity contribution < 1.29 is 21.6 Å². The lowest BCUT2D eigenvalue weighted by Gasteiger charge is -2.23. The highest BCUT2D eigenvalue weighted by atomic mass is 32.2. The van der Waals surface area contributed by atoms with Gasteiger partial charge in [0.2, 0.25) is 10.0 Å². The Morgan fingerprint density at radius 3 is 1.93 bits per heavy atom. The zero-order valence-corrected chi connectivity index (χ0v) is 8.08. The molecule has 0 atom stereocenters. The Morgan fingerprint density at radius 2 is 1.64 bits per heavy atom. The molecule has 0 saturated carbocycles. The quantitative estimate of drug-likeness (QED) is 0.661. The zero-order valence-electron chi connectivity index (χ0n) is 7.26. The van der Waals surface area contributed by atoms with Crippen LogP contribution in [0.25, 0.3) is 0 Å². The minimum atomic E-state index is -4.41. The van der Waals surface area contributed by atoms with Crippen LogP contribution in [0.1, 0.15) is 0 Å². The maximum absolute atomic E-state index is 12.3. The summed E-state index contributed by atoms with van der Waals surface area (Å²) in [5.41, 5.74) is 0. The number of alkyl halides is 3. The Balaban J connectivity index is 4.92. The second kappa shape index (κ2) is 5.22. The summed E-state index contributed by atoms with van der Waals surface area (Å²) in [7, 11) is -4.41. The molecule has 0 bridgehead atoms. The molecule has 0 amide bonds. The van der Waals surface area contributed by atoms with Gasteiger partial charge < -0.3 is 0 Å². The van der Waals surface area contributed by atoms with Gasteiger partial charge >= 0.3 is 0 Å². The van der Waals surface area contributed by atoms with Crippen molar-refractivity contribution in [1.82, 2.24) is 4.72 Å². The number of terminal acetylenes is 1. The third kappa shape index (κ3) is 2.39. The van der Waals surface area contributed by atoms with Gasteiger partial charge in [-0.05, 0) is 0 Å². The van der Waals surface area contributed by atoms with Crippen molar-refractivity contribution in [2.45, 2.75) is 4.75 Å². The van der Waals surface area contributed by atoms with Crippen LogP contribution in [0.2, 0.25) is 0 Å². The first-order chi connectivity index (χ1) is 6.49. The highest BCUT2D eigenvalue weighted by molar-refractivity contribution is 7.91. The molecule has 0 aliphatic carbocycles. The van der Waals surface area contributed by atoms with Gasteiger partial charge in [0.1, 0.15) is 20.0 Å². The fourth-order valence-corrected chi connectivity index (χ4v) is 1.62. The van der Waals surface area contributed by atoms with E-state index in [1.54, 1.807) is 4.72 Å². The molecule has 0 aromatic carbocycles. The molecule has 0 rings (SSSR count). The number of hydrogen-bond donors (Lipinski definition) is 1. The molecule has 0 saturated heterocycles. The minimum absolute atomic E-state index is 0.427. The third-order valence-corrected chi connectivity index (χ3v) is 3.66. The molecule has 0 radical (unpaired) electrons. The van der Waals surface area contributed by atoms with E-state index < -0.39 is 41.3 Å². The molecule has 1 N–H and O–H groups in total. The van der Waals surface area contributed by atoms with Gasteiger partial charge in [-0.25, -0.2) is 26.3 Å². The highest BCUT2D eigenvalue weighted by Crippen LogP contribution is 2.19. The molecule has 0 spiro atoms. The molecule has 0 fully saturated rings. The normalized spacial score (nSPS) is 12.4. The Labute approximate surface area is 80.7 Å². The first kappa shape index (κ1) is 13.3. The molecular formula is C7H10F3NO2S. The van der Waals surface area contributed by atoms with Gasteiger partial charge in [-0.15, -0.1) is 6.42 Å². The molecule has 0 aromatic rings. The number of sulfonamides is 1. The van der Waals surface area contributed by atoms with Crippen molar-refractivity contribution in [2.24, 2.45) is 0 Å². The molecule has 14 heavy (non-hydrogen) atoms. The Kier molecular flexibility index (Phi) is 4.94. The smallest absolute Gasteiger partial charge is 0.226 e. The summed E-state index contributed by atoms with van der Waals surface area (Å²) in [6, 6.07) is 0. The van der Waals surface area contributed by atoms with E-state index in [9.17, 15) is 21.6 Å². The minimum Gasteiger partial charge on any atom is -0.249 e. The van der Waals surface area contributed by atoms with Crippen molar-refractivity contribution >= 4 is 10.0 Å². The number of nitrogens with one attached hydrogen (secondary N) is 1. The van der Waals surface area contributed by atoms with Crippen molar-refractivity contribution in [3.63, 3.8) is 0 Å². The average molecular weight is 229 g/mol. The molecular weight excluding hydrogens is 219 g/mol. The van der Waals surface area contributed by atoms with Crippen molar-refractivity contribution in [3.05, 3.63) is 0 Å². The predicted octanol–water partition coefficient (Wildman–Crippen LogP) is 0.186. The van der Waals surface area contributed by atoms with Crippen LogP contribution >= 0.6 is 0 Å². The van der Waals surface area contributed by atoms with Crippen LogP contribution in [0.3, 0.4) is 0 Å². The van der Waals surface area contributed by atoms with E-state index in [4.69, 9.17) is 6.42 Å². The molecule has 7 heteroatoms. The summed E-state index contributed by atoms with van der Waals surface area (Å²) >= 11 is 0. The third-order valence-electron chi connectivity index (χ3n) is 1.66. The average Bonchev–Trinajstić information content (AvgIpc) is 2.18. The SMILES string of the molecule is C#CCNS(=O)(=O)C(CF)(CF)CF. The lowest BCUT2D eigenvalue weighted by Crippen LogP contribution is -2.51. The summed E-state index contributed by atoms with van der Waals surface area (Å²) < 4.78 is 58.3. The first-order valence-electron chi connectivity index (χ1n) is 3.60. The molecule has 3 nitrogen and oxygen atoms in total. The van der Waals surface area contributed by atoms with Gasteiger partial charge in [0, 0.05) is 0 Å². The molecule has 0 aliphatic heterocycles. The fraction of sp³-hybridized carbons (Fsp3) is 0.714. The van der Waals surface area contributed by atoms with Crippen molar-refractivity contribution in [1.29, 1.82) is 0 Å². The second-order valence-electron chi connectivity index (χ2n) is 2.61. The van der Waals surface area contributed by atoms with E-state index in [-0.39, 0.29) is 0 Å². The summed E-state index contributed by atoms with van der Waals surface area (Å²) in [4.78, 5) is 0. The topological polar surface area (TPSA) is 46.2 Å². The lowest BCUT2D eigenvalue weighted by molar-refractivity contribution is 0.255. The summed E-state index contributed by atoms with van der Waals surface area (Å²) in [5, 5.41) is 0. The summed E-state index contributed by atoms with van der Waals surface area (Å²) in [6.45, 7) is -5.34. The Morgan fingerprint density at radius 1 is 1.21 bits per heavy atom. The number of halogens is 3. The highest BCUT2D eigenvalue weighted by Gasteiger charge is 2.44. The monoisotopic (exact) mass is 229 g/mol. The van der Waals surface area contributed by atoms with Crippen molar-refractivity contribution in [3.8, 4) is 12.3 Å². The first-order valence-corrected chi connectivity index (χ1v) is 5.08. The van der Waals surface area contributed by atoms with E-state index in [2.05, 4.69) is 0 Å². The van der Waals surface area contributed by atoms with Gasteiger partial charge in [-0.2, -0.15) is 0 Å². The lowest BCUT2D eigenvalue weighted by atomic mass is 10.2. The molecule has 0 heterocycles. The van der Waals surface area contributed by atoms with Gasteiger partial charge in [0.15, 0.2) is 4.75 Å². The zero-order chi connectivity index (χ0) is 11.2. The second-order valence-corrected chi connectivity index (χ2v) is 4.77. The van der Waals surface area contributed by atoms with Crippen molar-refractivity contribution in [2.75, 3.05) is 26.6 Å². The summed E-state index contributed by atoms with van der Waals surface area (Å²) in [6.07, 6.45) is 4.75. The van der Waals surface area contributed by atoms with Crippen LogP contribution in [-0.2, 0) is 10.0 Å². The van der Waals surface area contributed by atoms with Crippen LogP contribution in [0.4, 0.5) is 13.2 Å². The van der Waals surface area contributed by atoms with Gasteiger partial charge in [0.25, 0.3) is 0 Å². The van der Waals surface area contributed by atoms with E-state index in [0.29, 0.717) is 0 Å². The standard InChI is InChI=1S/C7H10F3NO2S/c1-2-3-11-14(12,13)7(4-8,5-9)6-10/h1,11H,3-6H2. The van der Waals surface area contributed by atoms with Crippen LogP contribution in [0.15, 0.2) is 0 Å². The molecule has 82 valence electrons. The Bertz CT molecular complexity index is 297. The van der Waals surface area contributed by atoms with E-state index in [1.807, 2.05) is 5.92 Å². The number of hydrogen-bond acceptors (Lipinski definition) is 2. The molecule has 0 aromatic heterocycles. The van der Waals surface area contributed by atoms with E-state index in [0.717, 1.165) is 0 Å². The van der Waals surface area contributed by atoms with Gasteiger partial charge in [-0.1, -0.05) is 5.92 Å². The maximum atomic E-state index is 12.3. The number of rotatable bonds is 6. The van der Waals surface area contributed by atoms with E-state index in [1.165, 1.54) is 0 Å². The van der Waals surface area contributed by atoms with Crippen LogP contribution in [0, 0.1) is 12.3 Å². The van der Waals surface area contributed by atoms with Crippen LogP contribution in [0.5, 0.6) is 0 Å². The fourth-order valence-electron chi connectivity index (χ4n) is 0.612. The predicted molar refractivity (Wildman–Crippen MR) is 46.4 cm³/mol. The van der Waals surface area contributed by atoms with Gasteiger partial charge in [0.05, 0.1) is 6.54 Å². The largest absolute Gasteiger partial charge is 0.249 e. The van der Waals surface area contributed by atoms with Crippen LogP contribution < -0.4 is 4.72 Å². The molecule has 0 aliphatic rings. The van der Waals surface area contributed by atoms with Crippen LogP contribution in [-0.4, -0.2) is 39.7 Å². The summed E-state index contributed by atoms with van der Waals surface area (Å²) in [5.74, 6) is 1.91. The maximum Gasteiger partial charge on any atom is 0.226 e. The Hall–Kier alpha value is -0.740. The van der Waals surface area contributed by atoms with Gasteiger partial charge in [-0.3, -0.25) is 0 Å². The van der Waals surface area contributed by atoms with E-state index >= 15 is 0 Å².